The smallest absolute Gasteiger partial charge is 0.332 e. The number of rotatable bonds is 9. The zero-order valence-corrected chi connectivity index (χ0v) is 17.0. The lowest BCUT2D eigenvalue weighted by Crippen LogP contribution is -2.31. The van der Waals surface area contributed by atoms with Gasteiger partial charge in [-0.15, -0.1) is 11.3 Å². The van der Waals surface area contributed by atoms with Gasteiger partial charge in [-0.3, -0.25) is 4.79 Å². The second-order valence-electron chi connectivity index (χ2n) is 6.15. The zero-order valence-electron chi connectivity index (χ0n) is 16.2. The first-order chi connectivity index (χ1) is 14.0. The van der Waals surface area contributed by atoms with Crippen molar-refractivity contribution in [3.63, 3.8) is 0 Å². The number of anilines is 1. The number of fused-ring (bicyclic) bond motifs is 1. The molecule has 1 N–H and O–H groups in total. The molecule has 0 aliphatic carbocycles. The first-order valence-electron chi connectivity index (χ1n) is 9.20. The molecular weight excluding hydrogens is 392 g/mol. The highest BCUT2D eigenvalue weighted by atomic mass is 32.1. The van der Waals surface area contributed by atoms with E-state index in [1.165, 1.54) is 18.3 Å². The van der Waals surface area contributed by atoms with Gasteiger partial charge in [-0.25, -0.2) is 9.78 Å². The lowest BCUT2D eigenvalue weighted by Gasteiger charge is -2.14. The van der Waals surface area contributed by atoms with E-state index in [-0.39, 0.29) is 13.2 Å². The summed E-state index contributed by atoms with van der Waals surface area (Å²) in [5, 5.41) is 3.47. The molecular formula is C21H22N2O5S. The van der Waals surface area contributed by atoms with Crippen LogP contribution in [0.2, 0.25) is 0 Å². The van der Waals surface area contributed by atoms with Gasteiger partial charge in [-0.05, 0) is 50.2 Å². The first-order valence-corrected chi connectivity index (χ1v) is 10.0. The van der Waals surface area contributed by atoms with Crippen LogP contribution in [-0.4, -0.2) is 36.2 Å². The molecule has 3 rings (SSSR count). The summed E-state index contributed by atoms with van der Waals surface area (Å²) >= 11 is 1.51. The molecule has 0 saturated carbocycles. The number of benzene rings is 2. The summed E-state index contributed by atoms with van der Waals surface area (Å²) in [4.78, 5) is 28.5. The molecule has 0 radical (unpaired) electrons. The van der Waals surface area contributed by atoms with E-state index in [0.29, 0.717) is 12.3 Å². The van der Waals surface area contributed by atoms with Gasteiger partial charge in [0.15, 0.2) is 6.10 Å². The minimum atomic E-state index is -0.944. The number of nitrogens with zero attached hydrogens (tertiary/aromatic N) is 1. The van der Waals surface area contributed by atoms with E-state index in [1.807, 2.05) is 31.2 Å². The molecule has 3 aromatic rings. The van der Waals surface area contributed by atoms with Gasteiger partial charge in [0.2, 0.25) is 0 Å². The maximum Gasteiger partial charge on any atom is 0.332 e. The van der Waals surface area contributed by atoms with Gasteiger partial charge < -0.3 is 19.5 Å². The van der Waals surface area contributed by atoms with Crippen molar-refractivity contribution in [3.8, 4) is 5.75 Å². The first kappa shape index (κ1) is 20.8. The number of aromatic nitrogens is 1. The van der Waals surface area contributed by atoms with Gasteiger partial charge in [0.05, 0.1) is 23.4 Å². The Bertz CT molecular complexity index is 938. The van der Waals surface area contributed by atoms with Crippen LogP contribution in [0.1, 0.15) is 18.9 Å². The van der Waals surface area contributed by atoms with Gasteiger partial charge >= 0.3 is 5.97 Å². The Balaban J connectivity index is 1.41. The number of esters is 1. The van der Waals surface area contributed by atoms with Crippen LogP contribution >= 0.6 is 11.3 Å². The summed E-state index contributed by atoms with van der Waals surface area (Å²) in [6, 6.07) is 14.7. The Morgan fingerprint density at radius 1 is 1.14 bits per heavy atom. The molecule has 29 heavy (non-hydrogen) atoms. The molecule has 1 aromatic heterocycles. The van der Waals surface area contributed by atoms with E-state index in [9.17, 15) is 9.59 Å². The summed E-state index contributed by atoms with van der Waals surface area (Å²) in [7, 11) is 0. The van der Waals surface area contributed by atoms with E-state index in [0.717, 1.165) is 21.0 Å². The van der Waals surface area contributed by atoms with Gasteiger partial charge in [-0.1, -0.05) is 12.1 Å². The van der Waals surface area contributed by atoms with E-state index < -0.39 is 18.0 Å². The molecule has 1 heterocycles. The van der Waals surface area contributed by atoms with Crippen LogP contribution in [0.4, 0.5) is 5.69 Å². The summed E-state index contributed by atoms with van der Waals surface area (Å²) in [6.45, 7) is 3.93. The summed E-state index contributed by atoms with van der Waals surface area (Å²) < 4.78 is 16.9. The van der Waals surface area contributed by atoms with Gasteiger partial charge in [0.25, 0.3) is 5.91 Å². The minimum Gasteiger partial charge on any atom is -0.494 e. The average Bonchev–Trinajstić information content (AvgIpc) is 3.12. The number of amides is 1. The van der Waals surface area contributed by atoms with Crippen molar-refractivity contribution in [3.05, 3.63) is 53.5 Å². The molecule has 2 aromatic carbocycles. The third-order valence-electron chi connectivity index (χ3n) is 3.89. The predicted octanol–water partition coefficient (Wildman–Crippen LogP) is 3.78. The number of nitrogens with one attached hydrogen (secondary N) is 1. The highest BCUT2D eigenvalue weighted by Crippen LogP contribution is 2.22. The fourth-order valence-corrected chi connectivity index (χ4v) is 3.44. The average molecular weight is 414 g/mol. The van der Waals surface area contributed by atoms with Crippen LogP contribution < -0.4 is 10.1 Å². The number of carbonyl (C=O) groups excluding carboxylic acids is 2. The Morgan fingerprint density at radius 3 is 2.62 bits per heavy atom. The Labute approximate surface area is 172 Å². The van der Waals surface area contributed by atoms with Gasteiger partial charge in [-0.2, -0.15) is 0 Å². The highest BCUT2D eigenvalue weighted by Gasteiger charge is 2.18. The molecule has 7 nitrogen and oxygen atoms in total. The molecule has 1 atom stereocenters. The lowest BCUT2D eigenvalue weighted by molar-refractivity contribution is -0.157. The third-order valence-corrected chi connectivity index (χ3v) is 4.90. The molecule has 0 fully saturated rings. The third kappa shape index (κ3) is 6.00. The molecule has 0 unspecified atom stereocenters. The maximum absolute atomic E-state index is 12.2. The van der Waals surface area contributed by atoms with Crippen molar-refractivity contribution in [1.29, 1.82) is 0 Å². The predicted molar refractivity (Wildman–Crippen MR) is 111 cm³/mol. The van der Waals surface area contributed by atoms with Crippen molar-refractivity contribution >= 4 is 39.1 Å². The second-order valence-corrected chi connectivity index (χ2v) is 7.26. The molecule has 0 bridgehead atoms. The summed E-state index contributed by atoms with van der Waals surface area (Å²) in [5.74, 6) is -0.315. The number of hydrogen-bond acceptors (Lipinski definition) is 7. The molecule has 0 saturated heterocycles. The fourth-order valence-electron chi connectivity index (χ4n) is 2.53. The topological polar surface area (TPSA) is 86.8 Å². The Kier molecular flexibility index (Phi) is 7.15. The van der Waals surface area contributed by atoms with Crippen molar-refractivity contribution < 1.29 is 23.8 Å². The monoisotopic (exact) mass is 414 g/mol. The standard InChI is InChI=1S/C21H22N2O5S/c1-3-27-16-10-8-15(9-11-16)22-21(25)14(2)28-20(24)13-26-12-19-23-17-6-4-5-7-18(17)29-19/h4-11,14H,3,12-13H2,1-2H3,(H,22,25)/t14-/m1/s1. The number of para-hydroxylation sites is 1. The molecule has 8 heteroatoms. The van der Waals surface area contributed by atoms with Crippen LogP contribution in [0.5, 0.6) is 5.75 Å². The number of ether oxygens (including phenoxy) is 3. The number of thiazole rings is 1. The largest absolute Gasteiger partial charge is 0.494 e. The van der Waals surface area contributed by atoms with Gasteiger partial charge in [0, 0.05) is 5.69 Å². The van der Waals surface area contributed by atoms with Crippen LogP contribution in [-0.2, 0) is 25.7 Å². The zero-order chi connectivity index (χ0) is 20.6. The molecule has 0 spiro atoms. The van der Waals surface area contributed by atoms with Crippen LogP contribution in [0.15, 0.2) is 48.5 Å². The second kappa shape index (κ2) is 9.99. The number of hydrogen-bond donors (Lipinski definition) is 1. The normalized spacial score (nSPS) is 11.8. The molecule has 152 valence electrons. The summed E-state index contributed by atoms with van der Waals surface area (Å²) in [5.41, 5.74) is 1.49. The minimum absolute atomic E-state index is 0.210. The maximum atomic E-state index is 12.2. The van der Waals surface area contributed by atoms with Crippen molar-refractivity contribution in [2.75, 3.05) is 18.5 Å². The van der Waals surface area contributed by atoms with E-state index in [4.69, 9.17) is 14.2 Å². The van der Waals surface area contributed by atoms with E-state index in [2.05, 4.69) is 10.3 Å². The molecule has 0 aliphatic rings. The van der Waals surface area contributed by atoms with Crippen molar-refractivity contribution in [2.45, 2.75) is 26.6 Å². The van der Waals surface area contributed by atoms with Gasteiger partial charge in [0.1, 0.15) is 17.4 Å². The van der Waals surface area contributed by atoms with E-state index >= 15 is 0 Å². The van der Waals surface area contributed by atoms with Crippen molar-refractivity contribution in [1.82, 2.24) is 4.98 Å². The molecule has 1 amide bonds. The fraction of sp³-hybridized carbons (Fsp3) is 0.286. The quantitative estimate of drug-likeness (QED) is 0.536. The van der Waals surface area contributed by atoms with Crippen molar-refractivity contribution in [2.24, 2.45) is 0 Å². The molecule has 0 aliphatic heterocycles. The highest BCUT2D eigenvalue weighted by molar-refractivity contribution is 7.18. The van der Waals surface area contributed by atoms with Crippen LogP contribution in [0.3, 0.4) is 0 Å². The lowest BCUT2D eigenvalue weighted by atomic mass is 10.3. The van der Waals surface area contributed by atoms with E-state index in [1.54, 1.807) is 24.3 Å². The Hall–Kier alpha value is -2.97. The summed E-state index contributed by atoms with van der Waals surface area (Å²) in [6.07, 6.45) is -0.944. The Morgan fingerprint density at radius 2 is 1.90 bits per heavy atom. The number of carbonyl (C=O) groups is 2. The SMILES string of the molecule is CCOc1ccc(NC(=O)[C@@H](C)OC(=O)COCc2nc3ccccc3s2)cc1. The van der Waals surface area contributed by atoms with Crippen LogP contribution in [0, 0.1) is 0 Å². The van der Waals surface area contributed by atoms with Crippen LogP contribution in [0.25, 0.3) is 10.2 Å².